The second-order valence-electron chi connectivity index (χ2n) is 6.89. The minimum Gasteiger partial charge on any atom is -0.0654 e. The molecule has 4 atom stereocenters. The van der Waals surface area contributed by atoms with Crippen LogP contribution in [-0.4, -0.2) is 0 Å². The van der Waals surface area contributed by atoms with Gasteiger partial charge in [0, 0.05) is 0 Å². The average Bonchev–Trinajstić information content (AvgIpc) is 2.25. The number of hydrogen-bond acceptors (Lipinski definition) is 0. The van der Waals surface area contributed by atoms with Gasteiger partial charge in [0.1, 0.15) is 0 Å². The van der Waals surface area contributed by atoms with Crippen LogP contribution in [0.4, 0.5) is 0 Å². The molecule has 4 unspecified atom stereocenters. The lowest BCUT2D eigenvalue weighted by Crippen LogP contribution is -2.17. The van der Waals surface area contributed by atoms with Gasteiger partial charge in [0.15, 0.2) is 0 Å². The van der Waals surface area contributed by atoms with Crippen LogP contribution in [0.5, 0.6) is 0 Å². The van der Waals surface area contributed by atoms with Crippen molar-refractivity contribution >= 4 is 0 Å². The molecule has 0 aliphatic rings. The Morgan fingerprint density at radius 2 is 1.24 bits per heavy atom. The molecule has 0 N–H and O–H groups in total. The highest BCUT2D eigenvalue weighted by Crippen LogP contribution is 2.29. The molecule has 0 aliphatic carbocycles. The molecule has 0 nitrogen and oxygen atoms in total. The van der Waals surface area contributed by atoms with Crippen molar-refractivity contribution in [1.82, 2.24) is 0 Å². The van der Waals surface area contributed by atoms with Gasteiger partial charge in [0.25, 0.3) is 0 Å². The maximum Gasteiger partial charge on any atom is -0.0414 e. The zero-order valence-corrected chi connectivity index (χ0v) is 13.4. The second-order valence-corrected chi connectivity index (χ2v) is 6.89. The average molecular weight is 240 g/mol. The van der Waals surface area contributed by atoms with E-state index in [9.17, 15) is 0 Å². The van der Waals surface area contributed by atoms with Crippen molar-refractivity contribution in [2.24, 2.45) is 29.6 Å². The zero-order valence-electron chi connectivity index (χ0n) is 13.4. The molecule has 0 aromatic rings. The minimum atomic E-state index is 0.835. The van der Waals surface area contributed by atoms with E-state index in [-0.39, 0.29) is 0 Å². The molecule has 0 aromatic heterocycles. The predicted octanol–water partition coefficient (Wildman–Crippen LogP) is 6.16. The molecule has 0 amide bonds. The molecular formula is C17H36. The van der Waals surface area contributed by atoms with Crippen molar-refractivity contribution in [1.29, 1.82) is 0 Å². The van der Waals surface area contributed by atoms with Crippen LogP contribution in [0.15, 0.2) is 0 Å². The first kappa shape index (κ1) is 17.0. The molecule has 0 saturated heterocycles. The molecule has 0 heteroatoms. The van der Waals surface area contributed by atoms with Crippen molar-refractivity contribution in [3.63, 3.8) is 0 Å². The third-order valence-electron chi connectivity index (χ3n) is 4.68. The lowest BCUT2D eigenvalue weighted by Gasteiger charge is -2.27. The lowest BCUT2D eigenvalue weighted by molar-refractivity contribution is 0.239. The highest BCUT2D eigenvalue weighted by atomic mass is 14.2. The minimum absolute atomic E-state index is 0.835. The Morgan fingerprint density at radius 1 is 0.706 bits per heavy atom. The number of hydrogen-bond donors (Lipinski definition) is 0. The summed E-state index contributed by atoms with van der Waals surface area (Å²) in [7, 11) is 0. The van der Waals surface area contributed by atoms with E-state index < -0.39 is 0 Å². The quantitative estimate of drug-likeness (QED) is 0.453. The third kappa shape index (κ3) is 7.84. The second kappa shape index (κ2) is 9.00. The van der Waals surface area contributed by atoms with E-state index in [2.05, 4.69) is 48.5 Å². The van der Waals surface area contributed by atoms with Crippen LogP contribution in [0.1, 0.15) is 80.6 Å². The molecule has 104 valence electrons. The highest BCUT2D eigenvalue weighted by Gasteiger charge is 2.19. The van der Waals surface area contributed by atoms with E-state index in [1.165, 1.54) is 32.1 Å². The van der Waals surface area contributed by atoms with Gasteiger partial charge in [0.05, 0.1) is 0 Å². The van der Waals surface area contributed by atoms with Gasteiger partial charge in [-0.25, -0.2) is 0 Å². The summed E-state index contributed by atoms with van der Waals surface area (Å²) in [6.45, 7) is 16.8. The Balaban J connectivity index is 3.91. The van der Waals surface area contributed by atoms with Crippen LogP contribution >= 0.6 is 0 Å². The van der Waals surface area contributed by atoms with Gasteiger partial charge in [-0.3, -0.25) is 0 Å². The summed E-state index contributed by atoms with van der Waals surface area (Å²) >= 11 is 0. The van der Waals surface area contributed by atoms with E-state index in [1.54, 1.807) is 0 Å². The van der Waals surface area contributed by atoms with Crippen molar-refractivity contribution in [2.75, 3.05) is 0 Å². The fourth-order valence-corrected chi connectivity index (χ4v) is 2.63. The molecule has 0 bridgehead atoms. The van der Waals surface area contributed by atoms with Gasteiger partial charge in [-0.2, -0.15) is 0 Å². The van der Waals surface area contributed by atoms with Crippen LogP contribution in [0.25, 0.3) is 0 Å². The number of rotatable bonds is 9. The first-order valence-corrected chi connectivity index (χ1v) is 7.88. The Labute approximate surface area is 111 Å². The Morgan fingerprint density at radius 3 is 1.71 bits per heavy atom. The normalized spacial score (nSPS) is 19.1. The van der Waals surface area contributed by atoms with E-state index in [1.807, 2.05) is 0 Å². The Bertz CT molecular complexity index is 171. The number of unbranched alkanes of at least 4 members (excludes halogenated alkanes) is 1. The monoisotopic (exact) mass is 240 g/mol. The summed E-state index contributed by atoms with van der Waals surface area (Å²) in [4.78, 5) is 0. The standard InChI is InChI=1S/C17H36/c1-8-9-10-14(4)11-16(6)17(7)12-15(5)13(2)3/h13-17H,8-12H2,1-7H3. The van der Waals surface area contributed by atoms with E-state index in [0.717, 1.165) is 29.6 Å². The van der Waals surface area contributed by atoms with Crippen molar-refractivity contribution < 1.29 is 0 Å². The Kier molecular flexibility index (Phi) is 9.00. The van der Waals surface area contributed by atoms with E-state index in [4.69, 9.17) is 0 Å². The summed E-state index contributed by atoms with van der Waals surface area (Å²) in [6, 6.07) is 0. The first-order valence-electron chi connectivity index (χ1n) is 7.88. The molecule has 0 aliphatic heterocycles. The first-order chi connectivity index (χ1) is 7.88. The van der Waals surface area contributed by atoms with Crippen LogP contribution in [0.2, 0.25) is 0 Å². The summed E-state index contributed by atoms with van der Waals surface area (Å²) in [5, 5.41) is 0. The zero-order chi connectivity index (χ0) is 13.4. The molecule has 0 heterocycles. The molecule has 0 spiro atoms. The summed E-state index contributed by atoms with van der Waals surface area (Å²) in [5.74, 6) is 4.40. The van der Waals surface area contributed by atoms with Gasteiger partial charge in [-0.05, 0) is 42.4 Å². The molecular weight excluding hydrogens is 204 g/mol. The van der Waals surface area contributed by atoms with Crippen LogP contribution in [-0.2, 0) is 0 Å². The Hall–Kier alpha value is 0. The highest BCUT2D eigenvalue weighted by molar-refractivity contribution is 4.69. The smallest absolute Gasteiger partial charge is 0.0414 e. The van der Waals surface area contributed by atoms with E-state index >= 15 is 0 Å². The fraction of sp³-hybridized carbons (Fsp3) is 1.00. The fourth-order valence-electron chi connectivity index (χ4n) is 2.63. The van der Waals surface area contributed by atoms with Crippen LogP contribution in [0.3, 0.4) is 0 Å². The van der Waals surface area contributed by atoms with Crippen LogP contribution < -0.4 is 0 Å². The van der Waals surface area contributed by atoms with Crippen molar-refractivity contribution in [3.05, 3.63) is 0 Å². The maximum atomic E-state index is 2.46. The molecule has 17 heavy (non-hydrogen) atoms. The van der Waals surface area contributed by atoms with Gasteiger partial charge in [-0.1, -0.05) is 67.7 Å². The van der Waals surface area contributed by atoms with E-state index in [0.29, 0.717) is 0 Å². The molecule has 0 radical (unpaired) electrons. The third-order valence-corrected chi connectivity index (χ3v) is 4.68. The van der Waals surface area contributed by atoms with Crippen molar-refractivity contribution in [2.45, 2.75) is 80.6 Å². The van der Waals surface area contributed by atoms with Gasteiger partial charge in [-0.15, -0.1) is 0 Å². The largest absolute Gasteiger partial charge is 0.0654 e. The summed E-state index contributed by atoms with van der Waals surface area (Å²) in [6.07, 6.45) is 7.00. The van der Waals surface area contributed by atoms with Crippen LogP contribution in [0, 0.1) is 29.6 Å². The van der Waals surface area contributed by atoms with Gasteiger partial charge < -0.3 is 0 Å². The lowest BCUT2D eigenvalue weighted by atomic mass is 9.79. The SMILES string of the molecule is CCCCC(C)CC(C)C(C)CC(C)C(C)C. The predicted molar refractivity (Wildman–Crippen MR) is 80.3 cm³/mol. The molecule has 0 aromatic carbocycles. The summed E-state index contributed by atoms with van der Waals surface area (Å²) in [5.41, 5.74) is 0. The van der Waals surface area contributed by atoms with Crippen molar-refractivity contribution in [3.8, 4) is 0 Å². The molecule has 0 fully saturated rings. The summed E-state index contributed by atoms with van der Waals surface area (Å²) < 4.78 is 0. The van der Waals surface area contributed by atoms with Gasteiger partial charge in [0.2, 0.25) is 0 Å². The molecule has 0 saturated carbocycles. The maximum absolute atomic E-state index is 2.46. The topological polar surface area (TPSA) is 0 Å². The molecule has 0 rings (SSSR count). The van der Waals surface area contributed by atoms with Gasteiger partial charge >= 0.3 is 0 Å².